The molecular formula is C39H72N2O13. The largest absolute Gasteiger partial charge is 0.459 e. The lowest BCUT2D eigenvalue weighted by Crippen LogP contribution is -2.60. The van der Waals surface area contributed by atoms with Crippen molar-refractivity contribution in [2.75, 3.05) is 35.3 Å². The van der Waals surface area contributed by atoms with Crippen LogP contribution in [0.25, 0.3) is 0 Å². The summed E-state index contributed by atoms with van der Waals surface area (Å²) in [4.78, 5) is 31.0. The molecule has 316 valence electrons. The highest BCUT2D eigenvalue weighted by atomic mass is 16.7. The zero-order valence-corrected chi connectivity index (χ0v) is 35.3. The van der Waals surface area contributed by atoms with Gasteiger partial charge in [-0.3, -0.25) is 9.59 Å². The minimum Gasteiger partial charge on any atom is -0.459 e. The fourth-order valence-electron chi connectivity index (χ4n) is 8.46. The third-order valence-corrected chi connectivity index (χ3v) is 12.4. The van der Waals surface area contributed by atoms with Crippen LogP contribution >= 0.6 is 0 Å². The molecule has 0 aromatic rings. The number of ether oxygens (including phenoxy) is 7. The van der Waals surface area contributed by atoms with E-state index in [1.165, 1.54) is 14.0 Å². The van der Waals surface area contributed by atoms with Crippen LogP contribution in [-0.2, 0) is 42.7 Å². The van der Waals surface area contributed by atoms with Gasteiger partial charge in [-0.15, -0.1) is 0 Å². The lowest BCUT2D eigenvalue weighted by molar-refractivity contribution is -0.316. The van der Waals surface area contributed by atoms with Crippen molar-refractivity contribution in [1.29, 1.82) is 0 Å². The fourth-order valence-corrected chi connectivity index (χ4v) is 8.46. The SMILES string of the molecule is CC[C@@H](OC(=O)[C@H](C)[C@@H](O[C@H]1C[C@@](C)(OC)[C@@H](O)[C@H](C)O1)[C@H](C)[C@@H](O[C@@H]1O[C@H](C)C[C@H](N(C)C)[C@H]1O)[C@]1(C)C[C@@H](C)C(=O)O1)[C@@](C)(O)[C@H](O)[C@@H](C)N(C)C. The fraction of sp³-hybridized carbons (Fsp3) is 0.949. The first-order valence-corrected chi connectivity index (χ1v) is 19.5. The minimum absolute atomic E-state index is 0.113. The molecule has 54 heavy (non-hydrogen) atoms. The van der Waals surface area contributed by atoms with Crippen LogP contribution in [0.15, 0.2) is 0 Å². The molecule has 0 bridgehead atoms. The van der Waals surface area contributed by atoms with E-state index in [4.69, 9.17) is 33.2 Å². The van der Waals surface area contributed by atoms with Gasteiger partial charge in [0.1, 0.15) is 41.7 Å². The van der Waals surface area contributed by atoms with Crippen LogP contribution in [0, 0.1) is 17.8 Å². The molecule has 15 heteroatoms. The Morgan fingerprint density at radius 2 is 1.65 bits per heavy atom. The monoisotopic (exact) mass is 777 g/mol. The maximum absolute atomic E-state index is 14.3. The Bertz CT molecular complexity index is 1240. The minimum atomic E-state index is -1.81. The molecular weight excluding hydrogens is 704 g/mol. The number of aliphatic hydroxyl groups excluding tert-OH is 3. The topological polar surface area (TPSA) is 186 Å². The van der Waals surface area contributed by atoms with Crippen LogP contribution in [0.4, 0.5) is 0 Å². The van der Waals surface area contributed by atoms with Gasteiger partial charge in [-0.25, -0.2) is 0 Å². The third-order valence-electron chi connectivity index (χ3n) is 12.4. The molecule has 3 heterocycles. The Labute approximate surface area is 322 Å². The first-order valence-electron chi connectivity index (χ1n) is 19.5. The van der Waals surface area contributed by atoms with Crippen LogP contribution in [0.3, 0.4) is 0 Å². The van der Waals surface area contributed by atoms with E-state index in [2.05, 4.69) is 0 Å². The molecule has 0 saturated carbocycles. The van der Waals surface area contributed by atoms with Crippen molar-refractivity contribution >= 4 is 11.9 Å². The Balaban J connectivity index is 2.09. The standard InChI is InChI=1S/C39H72N2O13/c1-16-27(39(10,47)31(43)24(6)40(11)12)51-35(46)23(5)30(52-28-19-37(8,48-15)32(44)25(7)50-28)22(4)33(38(9)18-20(2)34(45)54-38)53-36-29(42)26(41(13)14)17-21(3)49-36/h20-33,36,42-44,47H,16-19H2,1-15H3/t20-,21-,22+,23-,24-,25+,26+,27-,28+,29-,30+,31-,32+,33-,36+,37-,38+,39-/m1/s1. The molecule has 0 radical (unpaired) electrons. The summed E-state index contributed by atoms with van der Waals surface area (Å²) in [5.41, 5.74) is -4.07. The zero-order valence-electron chi connectivity index (χ0n) is 35.3. The maximum atomic E-state index is 14.3. The Morgan fingerprint density at radius 3 is 2.15 bits per heavy atom. The summed E-state index contributed by atoms with van der Waals surface area (Å²) in [5.74, 6) is -3.35. The Kier molecular flexibility index (Phi) is 16.0. The number of cyclic esters (lactones) is 1. The van der Waals surface area contributed by atoms with Crippen LogP contribution in [0.5, 0.6) is 0 Å². The summed E-state index contributed by atoms with van der Waals surface area (Å²) in [6, 6.07) is -0.743. The summed E-state index contributed by atoms with van der Waals surface area (Å²) >= 11 is 0. The average Bonchev–Trinajstić information content (AvgIpc) is 3.37. The summed E-state index contributed by atoms with van der Waals surface area (Å²) in [6.07, 6.45) is -8.24. The number of likely N-dealkylation sites (N-methyl/N-ethyl adjacent to an activating group) is 2. The molecule has 3 aliphatic heterocycles. The van der Waals surface area contributed by atoms with Crippen molar-refractivity contribution in [2.24, 2.45) is 17.8 Å². The molecule has 0 aromatic heterocycles. The van der Waals surface area contributed by atoms with Gasteiger partial charge in [0.05, 0.1) is 35.7 Å². The quantitative estimate of drug-likeness (QED) is 0.157. The van der Waals surface area contributed by atoms with E-state index in [0.717, 1.165) is 0 Å². The van der Waals surface area contributed by atoms with Crippen molar-refractivity contribution in [3.63, 3.8) is 0 Å². The molecule has 3 fully saturated rings. The van der Waals surface area contributed by atoms with Gasteiger partial charge in [0.25, 0.3) is 0 Å². The molecule has 3 rings (SSSR count). The molecule has 0 aliphatic carbocycles. The normalized spacial score (nSPS) is 38.6. The molecule has 3 aliphatic rings. The summed E-state index contributed by atoms with van der Waals surface area (Å²) < 4.78 is 43.6. The second-order valence-electron chi connectivity index (χ2n) is 17.4. The van der Waals surface area contributed by atoms with E-state index in [1.54, 1.807) is 67.5 Å². The zero-order chi connectivity index (χ0) is 41.2. The van der Waals surface area contributed by atoms with Crippen LogP contribution in [0.1, 0.15) is 94.9 Å². The number of carbonyl (C=O) groups excluding carboxylic acids is 2. The number of aliphatic hydroxyl groups is 4. The number of hydrogen-bond donors (Lipinski definition) is 4. The van der Waals surface area contributed by atoms with Gasteiger partial charge < -0.3 is 63.4 Å². The number of hydrogen-bond acceptors (Lipinski definition) is 15. The van der Waals surface area contributed by atoms with Gasteiger partial charge in [-0.05, 0) is 89.5 Å². The lowest BCUT2D eigenvalue weighted by Gasteiger charge is -2.48. The number of carbonyl (C=O) groups is 2. The van der Waals surface area contributed by atoms with E-state index in [9.17, 15) is 30.0 Å². The van der Waals surface area contributed by atoms with Gasteiger partial charge in [0.15, 0.2) is 12.6 Å². The Morgan fingerprint density at radius 1 is 1.04 bits per heavy atom. The molecule has 0 spiro atoms. The maximum Gasteiger partial charge on any atom is 0.311 e. The van der Waals surface area contributed by atoms with Gasteiger partial charge >= 0.3 is 11.9 Å². The van der Waals surface area contributed by atoms with Crippen molar-refractivity contribution in [3.8, 4) is 0 Å². The highest BCUT2D eigenvalue weighted by molar-refractivity contribution is 5.75. The van der Waals surface area contributed by atoms with E-state index < -0.39 is 108 Å². The first kappa shape index (κ1) is 46.9. The number of nitrogens with zero attached hydrogens (tertiary/aromatic N) is 2. The second kappa shape index (κ2) is 18.4. The number of esters is 2. The van der Waals surface area contributed by atoms with Crippen LogP contribution in [0.2, 0.25) is 0 Å². The van der Waals surface area contributed by atoms with Crippen LogP contribution in [-0.4, -0.2) is 168 Å². The number of methoxy groups -OCH3 is 1. The van der Waals surface area contributed by atoms with Gasteiger partial charge in [-0.1, -0.05) is 20.8 Å². The molecule has 15 nitrogen and oxygen atoms in total. The van der Waals surface area contributed by atoms with Gasteiger partial charge in [0, 0.05) is 38.0 Å². The third kappa shape index (κ3) is 10.1. The Hall–Kier alpha value is -1.50. The molecule has 0 amide bonds. The number of rotatable bonds is 17. The van der Waals surface area contributed by atoms with E-state index in [1.807, 2.05) is 32.8 Å². The highest BCUT2D eigenvalue weighted by Crippen LogP contribution is 2.43. The second-order valence-corrected chi connectivity index (χ2v) is 17.4. The lowest BCUT2D eigenvalue weighted by atomic mass is 9.79. The van der Waals surface area contributed by atoms with Crippen molar-refractivity contribution in [3.05, 3.63) is 0 Å². The van der Waals surface area contributed by atoms with Crippen molar-refractivity contribution < 1.29 is 63.2 Å². The summed E-state index contributed by atoms with van der Waals surface area (Å²) in [5, 5.41) is 45.2. The highest BCUT2D eigenvalue weighted by Gasteiger charge is 2.56. The van der Waals surface area contributed by atoms with E-state index in [0.29, 0.717) is 6.42 Å². The van der Waals surface area contributed by atoms with Crippen molar-refractivity contribution in [2.45, 2.75) is 185 Å². The summed E-state index contributed by atoms with van der Waals surface area (Å²) in [7, 11) is 8.81. The molecule has 18 atom stereocenters. The summed E-state index contributed by atoms with van der Waals surface area (Å²) in [6.45, 7) is 17.3. The first-order chi connectivity index (χ1) is 24.8. The van der Waals surface area contributed by atoms with Gasteiger partial charge in [-0.2, -0.15) is 0 Å². The average molecular weight is 777 g/mol. The van der Waals surface area contributed by atoms with Gasteiger partial charge in [0.2, 0.25) is 0 Å². The van der Waals surface area contributed by atoms with Crippen LogP contribution < -0.4 is 0 Å². The predicted octanol–water partition coefficient (Wildman–Crippen LogP) is 2.08. The molecule has 0 unspecified atom stereocenters. The predicted molar refractivity (Wildman–Crippen MR) is 199 cm³/mol. The van der Waals surface area contributed by atoms with E-state index >= 15 is 0 Å². The molecule has 4 N–H and O–H groups in total. The smallest absolute Gasteiger partial charge is 0.311 e. The van der Waals surface area contributed by atoms with E-state index in [-0.39, 0.29) is 31.4 Å². The molecule has 3 saturated heterocycles. The van der Waals surface area contributed by atoms with Crippen molar-refractivity contribution in [1.82, 2.24) is 9.80 Å². The molecule has 0 aromatic carbocycles.